The van der Waals surface area contributed by atoms with Gasteiger partial charge in [-0.3, -0.25) is 0 Å². The molecule has 0 amide bonds. The fourth-order valence-corrected chi connectivity index (χ4v) is 3.52. The molecule has 0 aliphatic rings. The molecule has 0 aliphatic carbocycles. The van der Waals surface area contributed by atoms with Gasteiger partial charge in [-0.15, -0.1) is 11.3 Å². The van der Waals surface area contributed by atoms with Crippen LogP contribution in [0.2, 0.25) is 0 Å². The Balaban J connectivity index is 1.82. The van der Waals surface area contributed by atoms with Crippen LogP contribution in [0.5, 0.6) is 0 Å². The minimum Gasteiger partial charge on any atom is -0.461 e. The van der Waals surface area contributed by atoms with Gasteiger partial charge in [0.15, 0.2) is 0 Å². The zero-order chi connectivity index (χ0) is 20.1. The number of carbonyl (C=O) groups excluding carboxylic acids is 2. The topological polar surface area (TPSA) is 87.6 Å². The number of hydrogen-bond donors (Lipinski definition) is 0. The fraction of sp³-hybridized carbons (Fsp3) is 0.300. The number of methoxy groups -OCH3 is 1. The van der Waals surface area contributed by atoms with Gasteiger partial charge in [-0.1, -0.05) is 18.2 Å². The molecule has 0 spiro atoms. The number of esters is 2. The number of nitrogens with zero attached hydrogens (tertiary/aromatic N) is 2. The van der Waals surface area contributed by atoms with E-state index in [0.717, 1.165) is 27.8 Å². The van der Waals surface area contributed by atoms with Crippen LogP contribution >= 0.6 is 11.3 Å². The minimum absolute atomic E-state index is 0.0482. The Morgan fingerprint density at radius 1 is 1.07 bits per heavy atom. The van der Waals surface area contributed by atoms with E-state index < -0.39 is 11.9 Å². The molecule has 3 rings (SSSR count). The highest BCUT2D eigenvalue weighted by Gasteiger charge is 2.21. The highest BCUT2D eigenvalue weighted by atomic mass is 32.1. The highest BCUT2D eigenvalue weighted by Crippen LogP contribution is 2.24. The normalized spacial score (nSPS) is 10.8. The number of aromatic nitrogens is 2. The van der Waals surface area contributed by atoms with Crippen LogP contribution in [-0.2, 0) is 27.4 Å². The number of benzene rings is 1. The maximum atomic E-state index is 12.8. The van der Waals surface area contributed by atoms with Crippen molar-refractivity contribution in [3.63, 3.8) is 0 Å². The van der Waals surface area contributed by atoms with E-state index >= 15 is 0 Å². The number of rotatable bonds is 7. The summed E-state index contributed by atoms with van der Waals surface area (Å²) in [6, 6.07) is 7.60. The summed E-state index contributed by atoms with van der Waals surface area (Å²) in [7, 11) is 1.55. The first kappa shape index (κ1) is 19.9. The van der Waals surface area contributed by atoms with E-state index in [4.69, 9.17) is 14.2 Å². The number of pyridine rings is 1. The molecule has 0 aliphatic heterocycles. The van der Waals surface area contributed by atoms with Gasteiger partial charge in [0.05, 0.1) is 35.7 Å². The van der Waals surface area contributed by atoms with Crippen LogP contribution in [0, 0.1) is 6.92 Å². The molecule has 2 aromatic heterocycles. The summed E-state index contributed by atoms with van der Waals surface area (Å²) in [5.41, 5.74) is 2.98. The summed E-state index contributed by atoms with van der Waals surface area (Å²) in [5.74, 6) is -0.990. The molecule has 28 heavy (non-hydrogen) atoms. The van der Waals surface area contributed by atoms with Crippen molar-refractivity contribution in [2.45, 2.75) is 27.1 Å². The molecule has 1 aromatic carbocycles. The third kappa shape index (κ3) is 4.18. The maximum Gasteiger partial charge on any atom is 0.367 e. The third-order valence-corrected chi connectivity index (χ3v) is 4.94. The second-order valence-corrected chi connectivity index (χ2v) is 6.81. The van der Waals surface area contributed by atoms with Crippen molar-refractivity contribution in [2.75, 3.05) is 13.7 Å². The zero-order valence-corrected chi connectivity index (χ0v) is 16.7. The predicted molar refractivity (Wildman–Crippen MR) is 104 cm³/mol. The largest absolute Gasteiger partial charge is 0.461 e. The molecule has 0 bridgehead atoms. The van der Waals surface area contributed by atoms with Gasteiger partial charge in [-0.05, 0) is 25.5 Å². The number of para-hydroxylation sites is 1. The molecule has 0 fully saturated rings. The van der Waals surface area contributed by atoms with Crippen LogP contribution in [-0.4, -0.2) is 35.6 Å². The van der Waals surface area contributed by atoms with Crippen LogP contribution in [0.15, 0.2) is 29.6 Å². The number of thiazole rings is 1. The van der Waals surface area contributed by atoms with Gasteiger partial charge < -0.3 is 14.2 Å². The third-order valence-electron chi connectivity index (χ3n) is 4.07. The van der Waals surface area contributed by atoms with Gasteiger partial charge in [0.1, 0.15) is 6.61 Å². The van der Waals surface area contributed by atoms with Crippen molar-refractivity contribution >= 4 is 34.2 Å². The molecule has 0 saturated carbocycles. The highest BCUT2D eigenvalue weighted by molar-refractivity contribution is 7.11. The molecule has 0 saturated heterocycles. The first-order valence-electron chi connectivity index (χ1n) is 8.71. The Hall–Kier alpha value is -2.84. The summed E-state index contributed by atoms with van der Waals surface area (Å²) in [6.45, 7) is 4.01. The maximum absolute atomic E-state index is 12.8. The van der Waals surface area contributed by atoms with E-state index in [1.165, 1.54) is 0 Å². The molecule has 146 valence electrons. The van der Waals surface area contributed by atoms with Crippen molar-refractivity contribution in [2.24, 2.45) is 0 Å². The molecule has 7 nitrogen and oxygen atoms in total. The van der Waals surface area contributed by atoms with Gasteiger partial charge in [-0.25, -0.2) is 19.6 Å². The fourth-order valence-electron chi connectivity index (χ4n) is 2.82. The molecule has 8 heteroatoms. The number of carbonyl (C=O) groups is 2. The van der Waals surface area contributed by atoms with Crippen LogP contribution in [0.25, 0.3) is 10.9 Å². The lowest BCUT2D eigenvalue weighted by Gasteiger charge is -2.13. The second-order valence-electron chi connectivity index (χ2n) is 5.95. The number of aryl methyl sites for hydroxylation is 1. The molecule has 0 atom stereocenters. The Bertz CT molecular complexity index is 1010. The minimum atomic E-state index is -0.506. The van der Waals surface area contributed by atoms with E-state index in [2.05, 4.69) is 9.97 Å². The lowest BCUT2D eigenvalue weighted by Crippen LogP contribution is -2.13. The smallest absolute Gasteiger partial charge is 0.367 e. The monoisotopic (exact) mass is 400 g/mol. The van der Waals surface area contributed by atoms with E-state index in [1.54, 1.807) is 19.4 Å². The van der Waals surface area contributed by atoms with Crippen LogP contribution in [0.3, 0.4) is 0 Å². The summed E-state index contributed by atoms with van der Waals surface area (Å²) in [6.07, 6.45) is 0. The van der Waals surface area contributed by atoms with Crippen LogP contribution < -0.4 is 0 Å². The lowest BCUT2D eigenvalue weighted by atomic mass is 10.0. The van der Waals surface area contributed by atoms with Crippen molar-refractivity contribution in [3.05, 3.63) is 57.2 Å². The molecule has 2 heterocycles. The van der Waals surface area contributed by atoms with Gasteiger partial charge in [-0.2, -0.15) is 0 Å². The summed E-state index contributed by atoms with van der Waals surface area (Å²) < 4.78 is 15.6. The van der Waals surface area contributed by atoms with Crippen LogP contribution in [0.1, 0.15) is 44.0 Å². The summed E-state index contributed by atoms with van der Waals surface area (Å²) in [5, 5.41) is 2.78. The number of fused-ring (bicyclic) bond motifs is 1. The van der Waals surface area contributed by atoms with Crippen LogP contribution in [0.4, 0.5) is 0 Å². The Morgan fingerprint density at radius 3 is 2.61 bits per heavy atom. The number of hydrogen-bond acceptors (Lipinski definition) is 8. The van der Waals surface area contributed by atoms with Gasteiger partial charge in [0, 0.05) is 17.9 Å². The average molecular weight is 400 g/mol. The Labute approximate surface area is 166 Å². The standard InChI is InChI=1S/C20H20N2O5S/c1-4-26-20(24)18-21-13(11-28-18)9-27-19(23)17-12(2)14-7-5-6-8-15(14)22-16(17)10-25-3/h5-8,11H,4,9-10H2,1-3H3. The SMILES string of the molecule is CCOC(=O)c1nc(COC(=O)c2c(COC)nc3ccccc3c2C)cs1. The van der Waals surface area contributed by atoms with Gasteiger partial charge in [0.25, 0.3) is 0 Å². The molecular weight excluding hydrogens is 380 g/mol. The van der Waals surface area contributed by atoms with Gasteiger partial charge >= 0.3 is 11.9 Å². The molecular formula is C20H20N2O5S. The van der Waals surface area contributed by atoms with Crippen molar-refractivity contribution in [1.82, 2.24) is 9.97 Å². The first-order chi connectivity index (χ1) is 13.5. The van der Waals surface area contributed by atoms with E-state index in [1.807, 2.05) is 31.2 Å². The Morgan fingerprint density at radius 2 is 1.86 bits per heavy atom. The summed E-state index contributed by atoms with van der Waals surface area (Å²) in [4.78, 5) is 33.2. The average Bonchev–Trinajstić information content (AvgIpc) is 3.16. The van der Waals surface area contributed by atoms with Crippen molar-refractivity contribution in [1.29, 1.82) is 0 Å². The molecule has 0 unspecified atom stereocenters. The predicted octanol–water partition coefficient (Wildman–Crippen LogP) is 3.68. The van der Waals surface area contributed by atoms with E-state index in [-0.39, 0.29) is 24.8 Å². The lowest BCUT2D eigenvalue weighted by molar-refractivity contribution is 0.0462. The Kier molecular flexibility index (Phi) is 6.33. The van der Waals surface area contributed by atoms with Crippen molar-refractivity contribution in [3.8, 4) is 0 Å². The molecule has 0 radical (unpaired) electrons. The van der Waals surface area contributed by atoms with Gasteiger partial charge in [0.2, 0.25) is 5.01 Å². The van der Waals surface area contributed by atoms with E-state index in [0.29, 0.717) is 17.0 Å². The van der Waals surface area contributed by atoms with Crippen molar-refractivity contribution < 1.29 is 23.8 Å². The van der Waals surface area contributed by atoms with E-state index in [9.17, 15) is 9.59 Å². The second kappa shape index (κ2) is 8.90. The zero-order valence-electron chi connectivity index (χ0n) is 15.9. The quantitative estimate of drug-likeness (QED) is 0.559. The molecule has 0 N–H and O–H groups in total. The first-order valence-corrected chi connectivity index (χ1v) is 9.58. The molecule has 3 aromatic rings. The summed E-state index contributed by atoms with van der Waals surface area (Å²) >= 11 is 1.15. The number of ether oxygens (including phenoxy) is 3.